The molecular formula is C21H22F4N4O2. The van der Waals surface area contributed by atoms with Crippen molar-refractivity contribution in [3.63, 3.8) is 0 Å². The minimum Gasteiger partial charge on any atom is -0.385 e. The number of aromatic nitrogens is 3. The highest BCUT2D eigenvalue weighted by atomic mass is 19.3. The number of hydrogen-bond acceptors (Lipinski definition) is 5. The van der Waals surface area contributed by atoms with Crippen molar-refractivity contribution in [3.05, 3.63) is 77.9 Å². The van der Waals surface area contributed by atoms with Crippen LogP contribution in [0.2, 0.25) is 0 Å². The Balaban J connectivity index is 1.95. The summed E-state index contributed by atoms with van der Waals surface area (Å²) in [6.45, 7) is 0.335. The van der Waals surface area contributed by atoms with Crippen LogP contribution in [0.3, 0.4) is 0 Å². The van der Waals surface area contributed by atoms with Crippen LogP contribution >= 0.6 is 0 Å². The van der Waals surface area contributed by atoms with Crippen LogP contribution in [0.15, 0.2) is 55.1 Å². The molecule has 2 aromatic carbocycles. The van der Waals surface area contributed by atoms with Gasteiger partial charge >= 0.3 is 5.92 Å². The summed E-state index contributed by atoms with van der Waals surface area (Å²) in [6.07, 6.45) is 2.95. The van der Waals surface area contributed by atoms with E-state index in [4.69, 9.17) is 4.74 Å². The van der Waals surface area contributed by atoms with E-state index in [1.165, 1.54) is 12.1 Å². The van der Waals surface area contributed by atoms with Crippen molar-refractivity contribution in [2.75, 3.05) is 25.6 Å². The first-order valence-electron chi connectivity index (χ1n) is 9.49. The molecule has 0 spiro atoms. The van der Waals surface area contributed by atoms with Crippen LogP contribution in [-0.4, -0.2) is 40.1 Å². The lowest BCUT2D eigenvalue weighted by Gasteiger charge is -2.36. The molecule has 2 N–H and O–H groups in total. The van der Waals surface area contributed by atoms with Crippen molar-refractivity contribution in [2.45, 2.75) is 24.5 Å². The van der Waals surface area contributed by atoms with Crippen molar-refractivity contribution in [2.24, 2.45) is 0 Å². The molecule has 1 heterocycles. The van der Waals surface area contributed by atoms with E-state index in [0.717, 1.165) is 48.0 Å². The summed E-state index contributed by atoms with van der Waals surface area (Å²) in [6, 6.07) is 7.23. The molecule has 0 fully saturated rings. The van der Waals surface area contributed by atoms with Crippen LogP contribution in [0.4, 0.5) is 23.2 Å². The number of halogens is 4. The van der Waals surface area contributed by atoms with Crippen LogP contribution in [0.1, 0.15) is 17.5 Å². The van der Waals surface area contributed by atoms with Gasteiger partial charge in [0, 0.05) is 43.1 Å². The minimum atomic E-state index is -3.95. The molecule has 31 heavy (non-hydrogen) atoms. The Morgan fingerprint density at radius 2 is 1.87 bits per heavy atom. The first kappa shape index (κ1) is 22.7. The maximum Gasteiger partial charge on any atom is 0.307 e. The molecule has 0 saturated heterocycles. The van der Waals surface area contributed by atoms with Gasteiger partial charge in [0.25, 0.3) is 0 Å². The highest BCUT2D eigenvalue weighted by Crippen LogP contribution is 2.47. The van der Waals surface area contributed by atoms with Crippen molar-refractivity contribution >= 4 is 5.69 Å². The highest BCUT2D eigenvalue weighted by molar-refractivity contribution is 5.46. The van der Waals surface area contributed by atoms with E-state index >= 15 is 8.78 Å². The van der Waals surface area contributed by atoms with Crippen molar-refractivity contribution < 1.29 is 27.4 Å². The van der Waals surface area contributed by atoms with Crippen LogP contribution in [0.5, 0.6) is 0 Å². The fourth-order valence-electron chi connectivity index (χ4n) is 3.21. The maximum atomic E-state index is 15.6. The third-order valence-electron chi connectivity index (χ3n) is 4.86. The number of aliphatic hydroxyl groups is 1. The number of ether oxygens (including phenoxy) is 1. The standard InChI is InChI=1S/C21H22F4N4O2/c1-31-10-2-9-27-17-6-3-15(4-7-17)21(24,25)20(30,12-29-14-26-13-28-29)18-8-5-16(22)11-19(18)23/h3-8,11,13-14,27,30H,2,9-10,12H2,1H3. The number of methoxy groups -OCH3 is 1. The Morgan fingerprint density at radius 3 is 2.48 bits per heavy atom. The molecule has 0 amide bonds. The molecule has 6 nitrogen and oxygen atoms in total. The molecule has 0 aliphatic rings. The SMILES string of the molecule is COCCCNc1ccc(C(F)(F)C(O)(Cn2cncn2)c2ccc(F)cc2F)cc1. The largest absolute Gasteiger partial charge is 0.385 e. The molecule has 0 radical (unpaired) electrons. The molecule has 0 bridgehead atoms. The fraction of sp³-hybridized carbons (Fsp3) is 0.333. The Labute approximate surface area is 176 Å². The third kappa shape index (κ3) is 4.86. The second-order valence-electron chi connectivity index (χ2n) is 7.00. The highest BCUT2D eigenvalue weighted by Gasteiger charge is 2.56. The van der Waals surface area contributed by atoms with Gasteiger partial charge in [0.1, 0.15) is 24.3 Å². The quantitative estimate of drug-likeness (QED) is 0.373. The van der Waals surface area contributed by atoms with E-state index < -0.39 is 40.8 Å². The van der Waals surface area contributed by atoms with Gasteiger partial charge in [0.2, 0.25) is 0 Å². The number of rotatable bonds is 10. The van der Waals surface area contributed by atoms with Crippen molar-refractivity contribution in [1.82, 2.24) is 14.8 Å². The summed E-state index contributed by atoms with van der Waals surface area (Å²) < 4.78 is 65.1. The number of anilines is 1. The fourth-order valence-corrected chi connectivity index (χ4v) is 3.21. The molecule has 0 aliphatic heterocycles. The van der Waals surface area contributed by atoms with Crippen LogP contribution in [-0.2, 0) is 22.8 Å². The lowest BCUT2D eigenvalue weighted by atomic mass is 9.83. The van der Waals surface area contributed by atoms with E-state index in [0.29, 0.717) is 24.9 Å². The zero-order valence-corrected chi connectivity index (χ0v) is 16.7. The molecule has 3 aromatic rings. The molecular weight excluding hydrogens is 416 g/mol. The molecule has 166 valence electrons. The Hall–Kier alpha value is -2.98. The van der Waals surface area contributed by atoms with Gasteiger partial charge < -0.3 is 15.2 Å². The van der Waals surface area contributed by atoms with Crippen LogP contribution < -0.4 is 5.32 Å². The molecule has 3 rings (SSSR count). The van der Waals surface area contributed by atoms with Crippen LogP contribution in [0.25, 0.3) is 0 Å². The normalized spacial score (nSPS) is 13.7. The van der Waals surface area contributed by atoms with Gasteiger partial charge in [0.05, 0.1) is 6.54 Å². The van der Waals surface area contributed by atoms with E-state index in [9.17, 15) is 13.9 Å². The molecule has 0 aliphatic carbocycles. The predicted molar refractivity (Wildman–Crippen MR) is 106 cm³/mol. The zero-order chi connectivity index (χ0) is 22.5. The minimum absolute atomic E-state index is 0.449. The predicted octanol–water partition coefficient (Wildman–Crippen LogP) is 3.68. The third-order valence-corrected chi connectivity index (χ3v) is 4.86. The molecule has 1 unspecified atom stereocenters. The van der Waals surface area contributed by atoms with Gasteiger partial charge in [-0.3, -0.25) is 0 Å². The monoisotopic (exact) mass is 438 g/mol. The summed E-state index contributed by atoms with van der Waals surface area (Å²) in [4.78, 5) is 3.67. The summed E-state index contributed by atoms with van der Waals surface area (Å²) in [5, 5.41) is 18.0. The Morgan fingerprint density at radius 1 is 1.13 bits per heavy atom. The van der Waals surface area contributed by atoms with E-state index in [-0.39, 0.29) is 0 Å². The van der Waals surface area contributed by atoms with E-state index in [1.54, 1.807) is 7.11 Å². The molecule has 0 saturated carbocycles. The van der Waals surface area contributed by atoms with E-state index in [2.05, 4.69) is 15.4 Å². The topological polar surface area (TPSA) is 72.2 Å². The smallest absolute Gasteiger partial charge is 0.307 e. The summed E-state index contributed by atoms with van der Waals surface area (Å²) in [5.41, 5.74) is -3.76. The molecule has 1 aromatic heterocycles. The summed E-state index contributed by atoms with van der Waals surface area (Å²) >= 11 is 0. The van der Waals surface area contributed by atoms with Crippen molar-refractivity contribution in [1.29, 1.82) is 0 Å². The first-order chi connectivity index (χ1) is 14.8. The van der Waals surface area contributed by atoms with Gasteiger partial charge in [-0.25, -0.2) is 18.4 Å². The summed E-state index contributed by atoms with van der Waals surface area (Å²) in [7, 11) is 1.58. The molecule has 10 heteroatoms. The number of nitrogens with one attached hydrogen (secondary N) is 1. The second-order valence-corrected chi connectivity index (χ2v) is 7.00. The molecule has 1 atom stereocenters. The first-order valence-corrected chi connectivity index (χ1v) is 9.49. The number of alkyl halides is 2. The lowest BCUT2D eigenvalue weighted by Crippen LogP contribution is -2.47. The number of benzene rings is 2. The summed E-state index contributed by atoms with van der Waals surface area (Å²) in [5.74, 6) is -6.19. The van der Waals surface area contributed by atoms with Crippen LogP contribution in [0, 0.1) is 11.6 Å². The number of hydrogen-bond donors (Lipinski definition) is 2. The van der Waals surface area contributed by atoms with Crippen molar-refractivity contribution in [3.8, 4) is 0 Å². The Bertz CT molecular complexity index is 984. The number of nitrogens with zero attached hydrogens (tertiary/aromatic N) is 3. The van der Waals surface area contributed by atoms with Gasteiger partial charge in [0.15, 0.2) is 5.60 Å². The second kappa shape index (κ2) is 9.44. The average molecular weight is 438 g/mol. The van der Waals surface area contributed by atoms with E-state index in [1.807, 2.05) is 0 Å². The van der Waals surface area contributed by atoms with Gasteiger partial charge in [-0.2, -0.15) is 13.9 Å². The van der Waals surface area contributed by atoms with Gasteiger partial charge in [-0.05, 0) is 30.7 Å². The Kier molecular flexibility index (Phi) is 6.91. The van der Waals surface area contributed by atoms with Gasteiger partial charge in [-0.15, -0.1) is 0 Å². The lowest BCUT2D eigenvalue weighted by molar-refractivity contribution is -0.205. The average Bonchev–Trinajstić information content (AvgIpc) is 3.24. The van der Waals surface area contributed by atoms with Gasteiger partial charge in [-0.1, -0.05) is 12.1 Å². The zero-order valence-electron chi connectivity index (χ0n) is 16.7. The maximum absolute atomic E-state index is 15.6.